The van der Waals surface area contributed by atoms with Gasteiger partial charge in [0.15, 0.2) is 0 Å². The zero-order valence-electron chi connectivity index (χ0n) is 11.6. The Morgan fingerprint density at radius 1 is 1.15 bits per heavy atom. The molecule has 0 amide bonds. The lowest BCUT2D eigenvalue weighted by atomic mass is 9.86. The van der Waals surface area contributed by atoms with E-state index in [4.69, 9.17) is 4.74 Å². The van der Waals surface area contributed by atoms with Crippen molar-refractivity contribution in [2.45, 2.75) is 19.4 Å². The molecule has 1 unspecified atom stereocenters. The van der Waals surface area contributed by atoms with Gasteiger partial charge in [-0.05, 0) is 43.2 Å². The highest BCUT2D eigenvalue weighted by molar-refractivity contribution is 5.41. The minimum Gasteiger partial charge on any atom is -0.497 e. The number of benzene rings is 2. The van der Waals surface area contributed by atoms with Crippen LogP contribution in [0.2, 0.25) is 0 Å². The van der Waals surface area contributed by atoms with Crippen LogP contribution in [0.4, 0.5) is 8.78 Å². The number of aryl methyl sites for hydroxylation is 1. The van der Waals surface area contributed by atoms with Crippen LogP contribution in [0.15, 0.2) is 36.4 Å². The molecular formula is C16H16F2O2. The quantitative estimate of drug-likeness (QED) is 0.930. The van der Waals surface area contributed by atoms with Gasteiger partial charge in [-0.25, -0.2) is 8.78 Å². The van der Waals surface area contributed by atoms with Crippen molar-refractivity contribution in [2.75, 3.05) is 7.11 Å². The number of ether oxygens (including phenoxy) is 1. The second-order valence-electron chi connectivity index (χ2n) is 4.86. The second-order valence-corrected chi connectivity index (χ2v) is 4.86. The van der Waals surface area contributed by atoms with Gasteiger partial charge >= 0.3 is 0 Å². The van der Waals surface area contributed by atoms with Crippen LogP contribution in [-0.4, -0.2) is 12.2 Å². The average Bonchev–Trinajstić information content (AvgIpc) is 2.43. The first-order valence-electron chi connectivity index (χ1n) is 6.20. The van der Waals surface area contributed by atoms with E-state index in [9.17, 15) is 13.9 Å². The average molecular weight is 278 g/mol. The maximum absolute atomic E-state index is 14.2. The van der Waals surface area contributed by atoms with Crippen molar-refractivity contribution in [2.24, 2.45) is 0 Å². The topological polar surface area (TPSA) is 29.5 Å². The van der Waals surface area contributed by atoms with E-state index in [0.717, 1.165) is 6.07 Å². The van der Waals surface area contributed by atoms with Gasteiger partial charge in [-0.15, -0.1) is 0 Å². The SMILES string of the molecule is COc1cccc(C(C)(O)c2c(F)ccc(C)c2F)c1. The first kappa shape index (κ1) is 14.5. The van der Waals surface area contributed by atoms with Gasteiger partial charge in [-0.1, -0.05) is 18.2 Å². The minimum atomic E-state index is -1.78. The first-order chi connectivity index (χ1) is 9.37. The lowest BCUT2D eigenvalue weighted by Gasteiger charge is -2.26. The van der Waals surface area contributed by atoms with E-state index in [1.54, 1.807) is 24.3 Å². The summed E-state index contributed by atoms with van der Waals surface area (Å²) in [5.41, 5.74) is -1.50. The van der Waals surface area contributed by atoms with Crippen LogP contribution < -0.4 is 4.74 Å². The molecule has 0 aliphatic rings. The van der Waals surface area contributed by atoms with Crippen molar-refractivity contribution in [1.82, 2.24) is 0 Å². The number of methoxy groups -OCH3 is 1. The summed E-state index contributed by atoms with van der Waals surface area (Å²) in [5, 5.41) is 10.6. The van der Waals surface area contributed by atoms with E-state index in [2.05, 4.69) is 0 Å². The fourth-order valence-electron chi connectivity index (χ4n) is 2.17. The standard InChI is InChI=1S/C16H16F2O2/c1-10-7-8-13(17)14(15(10)18)16(2,19)11-5-4-6-12(9-11)20-3/h4-9,19H,1-3H3. The zero-order chi connectivity index (χ0) is 14.9. The largest absolute Gasteiger partial charge is 0.497 e. The Bertz CT molecular complexity index is 636. The van der Waals surface area contributed by atoms with Crippen molar-refractivity contribution in [3.05, 3.63) is 64.7 Å². The molecule has 2 aromatic rings. The Labute approximate surface area is 116 Å². The molecule has 106 valence electrons. The van der Waals surface area contributed by atoms with Crippen molar-refractivity contribution in [3.8, 4) is 5.75 Å². The van der Waals surface area contributed by atoms with Crippen molar-refractivity contribution < 1.29 is 18.6 Å². The zero-order valence-corrected chi connectivity index (χ0v) is 11.6. The Kier molecular flexibility index (Phi) is 3.77. The van der Waals surface area contributed by atoms with E-state index in [1.807, 2.05) is 0 Å². The molecule has 0 aromatic heterocycles. The van der Waals surface area contributed by atoms with Gasteiger partial charge < -0.3 is 9.84 Å². The number of rotatable bonds is 3. The van der Waals surface area contributed by atoms with Gasteiger partial charge in [-0.2, -0.15) is 0 Å². The Hall–Kier alpha value is -1.94. The Balaban J connectivity index is 2.63. The van der Waals surface area contributed by atoms with Crippen LogP contribution >= 0.6 is 0 Å². The van der Waals surface area contributed by atoms with Crippen LogP contribution in [-0.2, 0) is 5.60 Å². The molecule has 4 heteroatoms. The number of aliphatic hydroxyl groups is 1. The summed E-state index contributed by atoms with van der Waals surface area (Å²) < 4.78 is 33.2. The van der Waals surface area contributed by atoms with Gasteiger partial charge in [0.05, 0.1) is 12.7 Å². The third-order valence-corrected chi connectivity index (χ3v) is 3.40. The van der Waals surface area contributed by atoms with Crippen LogP contribution in [0.3, 0.4) is 0 Å². The van der Waals surface area contributed by atoms with Crippen molar-refractivity contribution in [3.63, 3.8) is 0 Å². The lowest BCUT2D eigenvalue weighted by Crippen LogP contribution is -2.26. The maximum Gasteiger partial charge on any atom is 0.135 e. The second kappa shape index (κ2) is 5.21. The summed E-state index contributed by atoms with van der Waals surface area (Å²) >= 11 is 0. The summed E-state index contributed by atoms with van der Waals surface area (Å²) in [7, 11) is 1.49. The molecule has 20 heavy (non-hydrogen) atoms. The van der Waals surface area contributed by atoms with E-state index >= 15 is 0 Å². The molecule has 1 atom stereocenters. The fraction of sp³-hybridized carbons (Fsp3) is 0.250. The molecule has 2 nitrogen and oxygen atoms in total. The van der Waals surface area contributed by atoms with Crippen molar-refractivity contribution >= 4 is 0 Å². The van der Waals surface area contributed by atoms with E-state index in [-0.39, 0.29) is 11.1 Å². The Morgan fingerprint density at radius 2 is 1.85 bits per heavy atom. The Morgan fingerprint density at radius 3 is 2.50 bits per heavy atom. The van der Waals surface area contributed by atoms with Gasteiger partial charge in [0.1, 0.15) is 23.0 Å². The molecule has 0 aliphatic carbocycles. The van der Waals surface area contributed by atoms with E-state index in [0.29, 0.717) is 11.3 Å². The van der Waals surface area contributed by atoms with E-state index < -0.39 is 17.2 Å². The molecule has 0 aliphatic heterocycles. The highest BCUT2D eigenvalue weighted by Gasteiger charge is 2.33. The molecule has 0 radical (unpaired) electrons. The summed E-state index contributed by atoms with van der Waals surface area (Å²) in [6.07, 6.45) is 0. The molecule has 1 N–H and O–H groups in total. The van der Waals surface area contributed by atoms with Gasteiger partial charge in [0, 0.05) is 0 Å². The van der Waals surface area contributed by atoms with Gasteiger partial charge in [0.2, 0.25) is 0 Å². The van der Waals surface area contributed by atoms with Gasteiger partial charge in [-0.3, -0.25) is 0 Å². The molecule has 2 rings (SSSR count). The van der Waals surface area contributed by atoms with Crippen LogP contribution in [0, 0.1) is 18.6 Å². The summed E-state index contributed by atoms with van der Waals surface area (Å²) in [4.78, 5) is 0. The molecule has 2 aromatic carbocycles. The fourth-order valence-corrected chi connectivity index (χ4v) is 2.17. The smallest absolute Gasteiger partial charge is 0.135 e. The highest BCUT2D eigenvalue weighted by Crippen LogP contribution is 2.35. The summed E-state index contributed by atoms with van der Waals surface area (Å²) in [6, 6.07) is 9.01. The number of hydrogen-bond donors (Lipinski definition) is 1. The predicted octanol–water partition coefficient (Wildman–Crippen LogP) is 3.54. The predicted molar refractivity (Wildman–Crippen MR) is 72.8 cm³/mol. The lowest BCUT2D eigenvalue weighted by molar-refractivity contribution is 0.0929. The van der Waals surface area contributed by atoms with Crippen LogP contribution in [0.25, 0.3) is 0 Å². The third-order valence-electron chi connectivity index (χ3n) is 3.40. The van der Waals surface area contributed by atoms with E-state index in [1.165, 1.54) is 27.0 Å². The summed E-state index contributed by atoms with van der Waals surface area (Å²) in [5.74, 6) is -1.00. The maximum atomic E-state index is 14.2. The molecule has 0 spiro atoms. The summed E-state index contributed by atoms with van der Waals surface area (Å²) in [6.45, 7) is 2.89. The van der Waals surface area contributed by atoms with Crippen LogP contribution in [0.5, 0.6) is 5.75 Å². The monoisotopic (exact) mass is 278 g/mol. The van der Waals surface area contributed by atoms with Crippen LogP contribution in [0.1, 0.15) is 23.6 Å². The molecule has 0 heterocycles. The van der Waals surface area contributed by atoms with Crippen molar-refractivity contribution in [1.29, 1.82) is 0 Å². The molecule has 0 saturated heterocycles. The number of halogens is 2. The molecule has 0 fully saturated rings. The number of hydrogen-bond acceptors (Lipinski definition) is 2. The third kappa shape index (κ3) is 2.39. The molecule has 0 bridgehead atoms. The minimum absolute atomic E-state index is 0.282. The first-order valence-corrected chi connectivity index (χ1v) is 6.20. The molecule has 0 saturated carbocycles. The van der Waals surface area contributed by atoms with Gasteiger partial charge in [0.25, 0.3) is 0 Å². The highest BCUT2D eigenvalue weighted by atomic mass is 19.1. The normalized spacial score (nSPS) is 13.9. The molecular weight excluding hydrogens is 262 g/mol.